The Morgan fingerprint density at radius 1 is 1.08 bits per heavy atom. The molecule has 0 radical (unpaired) electrons. The Kier molecular flexibility index (Phi) is 3.51. The van der Waals surface area contributed by atoms with Gasteiger partial charge in [0.25, 0.3) is 0 Å². The first-order valence-electron chi connectivity index (χ1n) is 7.13. The number of imidazole rings is 1. The van der Waals surface area contributed by atoms with Gasteiger partial charge in [0, 0.05) is 12.3 Å². The average Bonchev–Trinajstić information content (AvgIpc) is 3.20. The lowest BCUT2D eigenvalue weighted by atomic mass is 10.3. The van der Waals surface area contributed by atoms with E-state index in [1.165, 1.54) is 6.07 Å². The Morgan fingerprint density at radius 2 is 2.00 bits per heavy atom. The molecule has 118 valence electrons. The van der Waals surface area contributed by atoms with Crippen LogP contribution in [0.15, 0.2) is 75.6 Å². The molecular weight excluding hydrogens is 328 g/mol. The minimum absolute atomic E-state index is 0.124. The van der Waals surface area contributed by atoms with Crippen LogP contribution in [0.1, 0.15) is 0 Å². The molecule has 6 nitrogen and oxygen atoms in total. The first kappa shape index (κ1) is 14.5. The molecule has 7 heteroatoms. The Bertz CT molecular complexity index is 1040. The second kappa shape index (κ2) is 5.82. The summed E-state index contributed by atoms with van der Waals surface area (Å²) < 4.78 is 7.18. The highest BCUT2D eigenvalue weighted by Crippen LogP contribution is 2.33. The number of aromatic hydroxyl groups is 1. The molecule has 0 aliphatic rings. The molecule has 0 saturated heterocycles. The van der Waals surface area contributed by atoms with E-state index < -0.39 is 0 Å². The number of azo groups is 1. The molecule has 0 aliphatic carbocycles. The predicted octanol–water partition coefficient (Wildman–Crippen LogP) is 5.37. The first-order chi connectivity index (χ1) is 11.7. The molecule has 24 heavy (non-hydrogen) atoms. The highest BCUT2D eigenvalue weighted by atomic mass is 35.5. The Balaban J connectivity index is 1.88. The van der Waals surface area contributed by atoms with E-state index in [9.17, 15) is 5.11 Å². The van der Waals surface area contributed by atoms with Crippen molar-refractivity contribution in [3.8, 4) is 17.2 Å². The van der Waals surface area contributed by atoms with Crippen LogP contribution in [0.25, 0.3) is 17.1 Å². The summed E-state index contributed by atoms with van der Waals surface area (Å²) in [4.78, 5) is 4.53. The van der Waals surface area contributed by atoms with Gasteiger partial charge in [-0.1, -0.05) is 17.7 Å². The summed E-state index contributed by atoms with van der Waals surface area (Å²) in [5, 5.41) is 18.6. The topological polar surface area (TPSA) is 75.4 Å². The van der Waals surface area contributed by atoms with E-state index in [-0.39, 0.29) is 5.75 Å². The van der Waals surface area contributed by atoms with Crippen molar-refractivity contribution in [1.82, 2.24) is 9.38 Å². The highest BCUT2D eigenvalue weighted by molar-refractivity contribution is 6.30. The summed E-state index contributed by atoms with van der Waals surface area (Å²) in [5.41, 5.74) is 1.76. The second-order valence-corrected chi connectivity index (χ2v) is 5.49. The van der Waals surface area contributed by atoms with Gasteiger partial charge < -0.3 is 9.52 Å². The van der Waals surface area contributed by atoms with Crippen molar-refractivity contribution in [2.45, 2.75) is 0 Å². The van der Waals surface area contributed by atoms with Crippen molar-refractivity contribution >= 4 is 28.8 Å². The fourth-order valence-electron chi connectivity index (χ4n) is 2.34. The van der Waals surface area contributed by atoms with Crippen LogP contribution in [0.3, 0.4) is 0 Å². The molecule has 0 unspecified atom stereocenters. The lowest BCUT2D eigenvalue weighted by Gasteiger charge is -1.98. The third kappa shape index (κ3) is 2.63. The summed E-state index contributed by atoms with van der Waals surface area (Å²) in [6.07, 6.45) is 3.29. The van der Waals surface area contributed by atoms with Crippen LogP contribution in [-0.4, -0.2) is 14.5 Å². The number of aromatic nitrogens is 2. The predicted molar refractivity (Wildman–Crippen MR) is 90.2 cm³/mol. The minimum atomic E-state index is 0.124. The van der Waals surface area contributed by atoms with Crippen molar-refractivity contribution in [2.24, 2.45) is 10.2 Å². The zero-order valence-electron chi connectivity index (χ0n) is 12.3. The Hall–Kier alpha value is -3.12. The van der Waals surface area contributed by atoms with Crippen molar-refractivity contribution in [2.75, 3.05) is 0 Å². The van der Waals surface area contributed by atoms with E-state index in [0.29, 0.717) is 33.6 Å². The number of hydrogen-bond acceptors (Lipinski definition) is 5. The number of furan rings is 1. The van der Waals surface area contributed by atoms with Crippen LogP contribution in [0, 0.1) is 0 Å². The van der Waals surface area contributed by atoms with Gasteiger partial charge in [-0.25, -0.2) is 4.98 Å². The molecule has 0 amide bonds. The fourth-order valence-corrected chi connectivity index (χ4v) is 2.50. The van der Waals surface area contributed by atoms with E-state index in [1.807, 2.05) is 0 Å². The van der Waals surface area contributed by atoms with E-state index in [2.05, 4.69) is 15.2 Å². The number of phenols is 1. The van der Waals surface area contributed by atoms with Gasteiger partial charge in [0.05, 0.1) is 17.0 Å². The quantitative estimate of drug-likeness (QED) is 0.510. The molecular formula is C17H11ClN4O2. The SMILES string of the molecule is Oc1cccc(N=Nc2c(-c3ccco3)nc3ccc(Cl)cn23)c1. The molecule has 4 aromatic rings. The van der Waals surface area contributed by atoms with Crippen LogP contribution in [-0.2, 0) is 0 Å². The molecule has 0 aliphatic heterocycles. The maximum atomic E-state index is 9.53. The molecule has 3 heterocycles. The summed E-state index contributed by atoms with van der Waals surface area (Å²) in [7, 11) is 0. The maximum absolute atomic E-state index is 9.53. The lowest BCUT2D eigenvalue weighted by molar-refractivity contribution is 0.475. The number of nitrogens with zero attached hydrogens (tertiary/aromatic N) is 4. The van der Waals surface area contributed by atoms with Crippen LogP contribution in [0.4, 0.5) is 11.5 Å². The number of pyridine rings is 1. The van der Waals surface area contributed by atoms with Gasteiger partial charge in [0.15, 0.2) is 17.3 Å². The Morgan fingerprint density at radius 3 is 2.79 bits per heavy atom. The van der Waals surface area contributed by atoms with E-state index in [4.69, 9.17) is 16.0 Å². The molecule has 1 N–H and O–H groups in total. The van der Waals surface area contributed by atoms with Gasteiger partial charge in [-0.3, -0.25) is 4.40 Å². The number of rotatable bonds is 3. The van der Waals surface area contributed by atoms with Crippen molar-refractivity contribution in [1.29, 1.82) is 0 Å². The summed E-state index contributed by atoms with van der Waals surface area (Å²) >= 11 is 6.09. The van der Waals surface area contributed by atoms with Gasteiger partial charge in [0.2, 0.25) is 0 Å². The number of benzene rings is 1. The molecule has 0 spiro atoms. The number of halogens is 1. The van der Waals surface area contributed by atoms with E-state index in [0.717, 1.165) is 0 Å². The molecule has 4 rings (SSSR count). The fraction of sp³-hybridized carbons (Fsp3) is 0. The largest absolute Gasteiger partial charge is 0.508 e. The van der Waals surface area contributed by atoms with Crippen molar-refractivity contribution in [3.05, 3.63) is 66.0 Å². The van der Waals surface area contributed by atoms with Gasteiger partial charge in [-0.2, -0.15) is 0 Å². The zero-order chi connectivity index (χ0) is 16.5. The van der Waals surface area contributed by atoms with Gasteiger partial charge in [-0.05, 0) is 36.4 Å². The molecule has 1 aromatic carbocycles. The Labute approximate surface area is 141 Å². The highest BCUT2D eigenvalue weighted by Gasteiger charge is 2.16. The molecule has 0 fully saturated rings. The number of phenolic OH excluding ortho intramolecular Hbond substituents is 1. The van der Waals surface area contributed by atoms with E-state index >= 15 is 0 Å². The normalized spacial score (nSPS) is 11.5. The van der Waals surface area contributed by atoms with Crippen molar-refractivity contribution < 1.29 is 9.52 Å². The van der Waals surface area contributed by atoms with Gasteiger partial charge in [0.1, 0.15) is 11.4 Å². The summed E-state index contributed by atoms with van der Waals surface area (Å²) in [5.74, 6) is 1.20. The maximum Gasteiger partial charge on any atom is 0.190 e. The second-order valence-electron chi connectivity index (χ2n) is 5.06. The smallest absolute Gasteiger partial charge is 0.190 e. The molecule has 0 saturated carbocycles. The van der Waals surface area contributed by atoms with Crippen LogP contribution >= 0.6 is 11.6 Å². The third-order valence-corrected chi connectivity index (χ3v) is 3.63. The number of fused-ring (bicyclic) bond motifs is 1. The van der Waals surface area contributed by atoms with E-state index in [1.54, 1.807) is 59.3 Å². The number of hydrogen-bond donors (Lipinski definition) is 1. The minimum Gasteiger partial charge on any atom is -0.508 e. The average molecular weight is 339 g/mol. The monoisotopic (exact) mass is 338 g/mol. The van der Waals surface area contributed by atoms with Crippen LogP contribution in [0.2, 0.25) is 5.02 Å². The summed E-state index contributed by atoms with van der Waals surface area (Å²) in [6.45, 7) is 0. The summed E-state index contributed by atoms with van der Waals surface area (Å²) in [6, 6.07) is 13.7. The van der Waals surface area contributed by atoms with Crippen LogP contribution < -0.4 is 0 Å². The zero-order valence-corrected chi connectivity index (χ0v) is 13.1. The lowest BCUT2D eigenvalue weighted by Crippen LogP contribution is -1.82. The van der Waals surface area contributed by atoms with Crippen molar-refractivity contribution in [3.63, 3.8) is 0 Å². The first-order valence-corrected chi connectivity index (χ1v) is 7.51. The van der Waals surface area contributed by atoms with Gasteiger partial charge in [-0.15, -0.1) is 10.2 Å². The third-order valence-electron chi connectivity index (χ3n) is 3.40. The standard InChI is InChI=1S/C17H11ClN4O2/c18-11-6-7-15-19-16(14-5-2-8-24-14)17(22(15)10-11)21-20-12-3-1-4-13(23)9-12/h1-10,23H. The molecule has 0 atom stereocenters. The molecule has 0 bridgehead atoms. The molecule has 3 aromatic heterocycles. The van der Waals surface area contributed by atoms with Gasteiger partial charge >= 0.3 is 0 Å². The van der Waals surface area contributed by atoms with Crippen LogP contribution in [0.5, 0.6) is 5.75 Å².